The highest BCUT2D eigenvalue weighted by molar-refractivity contribution is 9.10. The highest BCUT2D eigenvalue weighted by atomic mass is 79.9. The molecule has 0 aromatic carbocycles. The standard InChI is InChI=1S/C9H7BrClN3O2S2/c1-5-2-6(3-12-8(5)10)14-18(15,16)7-4-13-9(11)17-7/h2-4,14H,1H3. The quantitative estimate of drug-likeness (QED) is 0.845. The number of thiazole rings is 1. The van der Waals surface area contributed by atoms with E-state index in [0.29, 0.717) is 10.3 Å². The van der Waals surface area contributed by atoms with E-state index in [0.717, 1.165) is 16.9 Å². The summed E-state index contributed by atoms with van der Waals surface area (Å²) in [6, 6.07) is 1.68. The summed E-state index contributed by atoms with van der Waals surface area (Å²) >= 11 is 9.75. The van der Waals surface area contributed by atoms with Gasteiger partial charge in [-0.05, 0) is 34.5 Å². The van der Waals surface area contributed by atoms with Crippen molar-refractivity contribution in [3.05, 3.63) is 33.1 Å². The van der Waals surface area contributed by atoms with Crippen molar-refractivity contribution < 1.29 is 8.42 Å². The third kappa shape index (κ3) is 3.00. The highest BCUT2D eigenvalue weighted by Crippen LogP contribution is 2.25. The highest BCUT2D eigenvalue weighted by Gasteiger charge is 2.18. The summed E-state index contributed by atoms with van der Waals surface area (Å²) in [7, 11) is -3.66. The first kappa shape index (κ1) is 13.7. The van der Waals surface area contributed by atoms with Crippen LogP contribution in [0.1, 0.15) is 5.56 Å². The van der Waals surface area contributed by atoms with Crippen LogP contribution in [-0.2, 0) is 10.0 Å². The predicted octanol–water partition coefficient (Wildman–Crippen LogP) is 3.06. The van der Waals surface area contributed by atoms with Gasteiger partial charge in [-0.15, -0.1) is 0 Å². The van der Waals surface area contributed by atoms with Crippen LogP contribution in [0.25, 0.3) is 0 Å². The molecule has 2 rings (SSSR count). The Bertz CT molecular complexity index is 687. The monoisotopic (exact) mass is 367 g/mol. The van der Waals surface area contributed by atoms with Gasteiger partial charge in [-0.25, -0.2) is 18.4 Å². The van der Waals surface area contributed by atoms with E-state index in [4.69, 9.17) is 11.6 Å². The summed E-state index contributed by atoms with van der Waals surface area (Å²) in [5, 5.41) is 0. The van der Waals surface area contributed by atoms with Gasteiger partial charge in [0.25, 0.3) is 10.0 Å². The lowest BCUT2D eigenvalue weighted by molar-refractivity contribution is 0.603. The molecule has 0 amide bonds. The van der Waals surface area contributed by atoms with Gasteiger partial charge < -0.3 is 0 Å². The topological polar surface area (TPSA) is 72.0 Å². The third-order valence-electron chi connectivity index (χ3n) is 1.99. The van der Waals surface area contributed by atoms with Crippen LogP contribution in [0, 0.1) is 6.92 Å². The summed E-state index contributed by atoms with van der Waals surface area (Å²) in [6.45, 7) is 1.82. The molecule has 0 unspecified atom stereocenters. The number of rotatable bonds is 3. The van der Waals surface area contributed by atoms with Gasteiger partial charge in [-0.2, -0.15) is 0 Å². The molecule has 0 fully saturated rings. The first-order valence-electron chi connectivity index (χ1n) is 4.65. The third-order valence-corrected chi connectivity index (χ3v) is 5.78. The summed E-state index contributed by atoms with van der Waals surface area (Å²) < 4.78 is 27.3. The molecule has 2 heterocycles. The fraction of sp³-hybridized carbons (Fsp3) is 0.111. The number of pyridine rings is 1. The lowest BCUT2D eigenvalue weighted by Gasteiger charge is -2.06. The Balaban J connectivity index is 2.30. The zero-order valence-electron chi connectivity index (χ0n) is 9.02. The average Bonchev–Trinajstić information content (AvgIpc) is 2.71. The van der Waals surface area contributed by atoms with Crippen molar-refractivity contribution in [3.63, 3.8) is 0 Å². The minimum atomic E-state index is -3.66. The van der Waals surface area contributed by atoms with Gasteiger partial charge >= 0.3 is 0 Å². The van der Waals surface area contributed by atoms with Crippen LogP contribution in [0.15, 0.2) is 27.3 Å². The van der Waals surface area contributed by atoms with E-state index >= 15 is 0 Å². The second kappa shape index (κ2) is 5.12. The number of hydrogen-bond donors (Lipinski definition) is 1. The number of halogens is 2. The molecule has 0 spiro atoms. The molecule has 9 heteroatoms. The van der Waals surface area contributed by atoms with Gasteiger partial charge in [0.2, 0.25) is 0 Å². The first-order valence-corrected chi connectivity index (χ1v) is 8.12. The molecule has 0 aliphatic carbocycles. The Hall–Kier alpha value is -0.700. The molecule has 0 radical (unpaired) electrons. The van der Waals surface area contributed by atoms with E-state index in [9.17, 15) is 8.42 Å². The fourth-order valence-corrected chi connectivity index (χ4v) is 3.73. The van der Waals surface area contributed by atoms with E-state index < -0.39 is 10.0 Å². The van der Waals surface area contributed by atoms with E-state index in [1.54, 1.807) is 6.07 Å². The number of anilines is 1. The minimum Gasteiger partial charge on any atom is -0.277 e. The maximum absolute atomic E-state index is 12.0. The van der Waals surface area contributed by atoms with Crippen LogP contribution in [0.3, 0.4) is 0 Å². The molecular formula is C9H7BrClN3O2S2. The molecule has 0 saturated carbocycles. The average molecular weight is 369 g/mol. The molecule has 2 aromatic rings. The van der Waals surface area contributed by atoms with Crippen molar-refractivity contribution in [3.8, 4) is 0 Å². The van der Waals surface area contributed by atoms with Gasteiger partial charge in [-0.3, -0.25) is 4.72 Å². The fourth-order valence-electron chi connectivity index (χ4n) is 1.18. The van der Waals surface area contributed by atoms with Crippen molar-refractivity contribution >= 4 is 54.6 Å². The van der Waals surface area contributed by atoms with Crippen molar-refractivity contribution in [2.75, 3.05) is 4.72 Å². The molecule has 18 heavy (non-hydrogen) atoms. The lowest BCUT2D eigenvalue weighted by atomic mass is 10.3. The number of sulfonamides is 1. The second-order valence-corrected chi connectivity index (χ2v) is 7.64. The van der Waals surface area contributed by atoms with Crippen LogP contribution in [0.5, 0.6) is 0 Å². The maximum Gasteiger partial charge on any atom is 0.273 e. The van der Waals surface area contributed by atoms with Crippen LogP contribution in [0.4, 0.5) is 5.69 Å². The summed E-state index contributed by atoms with van der Waals surface area (Å²) in [4.78, 5) is 7.71. The zero-order chi connectivity index (χ0) is 13.3. The summed E-state index contributed by atoms with van der Waals surface area (Å²) in [5.74, 6) is 0. The first-order chi connectivity index (χ1) is 8.38. The number of hydrogen-bond acceptors (Lipinski definition) is 5. The van der Waals surface area contributed by atoms with Crippen molar-refractivity contribution in [1.29, 1.82) is 0 Å². The van der Waals surface area contributed by atoms with Crippen molar-refractivity contribution in [1.82, 2.24) is 9.97 Å². The number of nitrogens with zero attached hydrogens (tertiary/aromatic N) is 2. The molecule has 0 aliphatic heterocycles. The minimum absolute atomic E-state index is 0.0630. The Labute approximate surface area is 121 Å². The van der Waals surface area contributed by atoms with Crippen LogP contribution >= 0.6 is 38.9 Å². The maximum atomic E-state index is 12.0. The molecule has 0 atom stereocenters. The largest absolute Gasteiger partial charge is 0.277 e. The number of aromatic nitrogens is 2. The summed E-state index contributed by atoms with van der Waals surface area (Å²) in [6.07, 6.45) is 2.64. The summed E-state index contributed by atoms with van der Waals surface area (Å²) in [5.41, 5.74) is 1.22. The molecule has 0 bridgehead atoms. The van der Waals surface area contributed by atoms with Crippen molar-refractivity contribution in [2.24, 2.45) is 0 Å². The smallest absolute Gasteiger partial charge is 0.273 e. The van der Waals surface area contributed by atoms with Crippen LogP contribution in [-0.4, -0.2) is 18.4 Å². The molecular weight excluding hydrogens is 362 g/mol. The van der Waals surface area contributed by atoms with E-state index in [1.807, 2.05) is 6.92 Å². The molecule has 5 nitrogen and oxygen atoms in total. The SMILES string of the molecule is Cc1cc(NS(=O)(=O)c2cnc(Cl)s2)cnc1Br. The van der Waals surface area contributed by atoms with Gasteiger partial charge in [0, 0.05) is 0 Å². The Morgan fingerprint density at radius 3 is 2.67 bits per heavy atom. The number of nitrogens with one attached hydrogen (secondary N) is 1. The van der Waals surface area contributed by atoms with Gasteiger partial charge in [0.1, 0.15) is 4.60 Å². The second-order valence-electron chi connectivity index (χ2n) is 3.37. The predicted molar refractivity (Wildman–Crippen MR) is 74.6 cm³/mol. The Kier molecular flexibility index (Phi) is 3.90. The normalized spacial score (nSPS) is 11.5. The molecule has 2 aromatic heterocycles. The molecule has 1 N–H and O–H groups in total. The van der Waals surface area contributed by atoms with Crippen LogP contribution in [0.2, 0.25) is 4.47 Å². The van der Waals surface area contributed by atoms with E-state index in [2.05, 4.69) is 30.6 Å². The van der Waals surface area contributed by atoms with Gasteiger partial charge in [0.05, 0.1) is 18.1 Å². The lowest BCUT2D eigenvalue weighted by Crippen LogP contribution is -2.11. The number of aryl methyl sites for hydroxylation is 1. The van der Waals surface area contributed by atoms with Crippen molar-refractivity contribution in [2.45, 2.75) is 11.1 Å². The zero-order valence-corrected chi connectivity index (χ0v) is 13.0. The van der Waals surface area contributed by atoms with Gasteiger partial charge in [0.15, 0.2) is 8.68 Å². The van der Waals surface area contributed by atoms with Gasteiger partial charge in [-0.1, -0.05) is 22.9 Å². The molecule has 0 aliphatic rings. The molecule has 96 valence electrons. The van der Waals surface area contributed by atoms with Crippen LogP contribution < -0.4 is 4.72 Å². The Morgan fingerprint density at radius 1 is 1.39 bits per heavy atom. The Morgan fingerprint density at radius 2 is 2.11 bits per heavy atom. The van der Waals surface area contributed by atoms with E-state index in [-0.39, 0.29) is 8.68 Å². The molecule has 0 saturated heterocycles. The van der Waals surface area contributed by atoms with E-state index in [1.165, 1.54) is 12.4 Å².